The zero-order valence-corrected chi connectivity index (χ0v) is 10.6. The molecule has 0 saturated carbocycles. The van der Waals surface area contributed by atoms with E-state index in [-0.39, 0.29) is 5.91 Å². The number of rotatable bonds is 4. The summed E-state index contributed by atoms with van der Waals surface area (Å²) in [7, 11) is 0. The first-order valence-electron chi connectivity index (χ1n) is 5.87. The van der Waals surface area contributed by atoms with E-state index in [4.69, 9.17) is 4.42 Å². The number of carbonyl (C=O) groups excluding carboxylic acids is 1. The third-order valence-electron chi connectivity index (χ3n) is 2.90. The van der Waals surface area contributed by atoms with E-state index in [1.165, 1.54) is 6.39 Å². The van der Waals surface area contributed by atoms with Gasteiger partial charge in [-0.3, -0.25) is 4.79 Å². The van der Waals surface area contributed by atoms with Gasteiger partial charge in [0.1, 0.15) is 5.76 Å². The van der Waals surface area contributed by atoms with Crippen LogP contribution in [0.25, 0.3) is 0 Å². The lowest BCUT2D eigenvalue weighted by Crippen LogP contribution is -2.24. The van der Waals surface area contributed by atoms with Gasteiger partial charge in [-0.15, -0.1) is 0 Å². The van der Waals surface area contributed by atoms with E-state index in [1.807, 2.05) is 38.1 Å². The molecule has 2 rings (SSSR count). The molecule has 0 aliphatic heterocycles. The Balaban J connectivity index is 1.90. The summed E-state index contributed by atoms with van der Waals surface area (Å²) in [6, 6.07) is 7.88. The monoisotopic (exact) mass is 244 g/mol. The van der Waals surface area contributed by atoms with E-state index in [1.54, 1.807) is 0 Å². The van der Waals surface area contributed by atoms with Crippen molar-refractivity contribution in [2.24, 2.45) is 0 Å². The largest absolute Gasteiger partial charge is 0.446 e. The van der Waals surface area contributed by atoms with E-state index in [2.05, 4.69) is 10.3 Å². The molecular formula is C14H16N2O2. The van der Waals surface area contributed by atoms with Crippen LogP contribution in [0.15, 0.2) is 35.1 Å². The Bertz CT molecular complexity index is 546. The van der Waals surface area contributed by atoms with Crippen LogP contribution in [0.5, 0.6) is 0 Å². The van der Waals surface area contributed by atoms with Crippen molar-refractivity contribution in [1.29, 1.82) is 0 Å². The van der Waals surface area contributed by atoms with E-state index in [9.17, 15) is 4.79 Å². The first-order chi connectivity index (χ1) is 8.66. The minimum Gasteiger partial charge on any atom is -0.446 e. The first kappa shape index (κ1) is 12.4. The van der Waals surface area contributed by atoms with E-state index < -0.39 is 0 Å². The molecule has 0 saturated heterocycles. The van der Waals surface area contributed by atoms with Crippen molar-refractivity contribution in [3.8, 4) is 0 Å². The Hall–Kier alpha value is -2.10. The average molecular weight is 244 g/mol. The van der Waals surface area contributed by atoms with Crippen LogP contribution in [-0.2, 0) is 17.8 Å². The molecule has 18 heavy (non-hydrogen) atoms. The summed E-state index contributed by atoms with van der Waals surface area (Å²) >= 11 is 0. The molecule has 0 aliphatic rings. The van der Waals surface area contributed by atoms with Gasteiger partial charge in [-0.25, -0.2) is 4.98 Å². The van der Waals surface area contributed by atoms with Crippen LogP contribution in [0.2, 0.25) is 0 Å². The molecule has 1 heterocycles. The van der Waals surface area contributed by atoms with Crippen LogP contribution in [0.4, 0.5) is 0 Å². The smallest absolute Gasteiger partial charge is 0.224 e. The predicted molar refractivity (Wildman–Crippen MR) is 68.0 cm³/mol. The normalized spacial score (nSPS) is 10.3. The van der Waals surface area contributed by atoms with Gasteiger partial charge in [0.15, 0.2) is 6.39 Å². The summed E-state index contributed by atoms with van der Waals surface area (Å²) in [5, 5.41) is 2.83. The second-order valence-electron chi connectivity index (χ2n) is 4.24. The maximum absolute atomic E-state index is 11.8. The zero-order chi connectivity index (χ0) is 13.0. The highest BCUT2D eigenvalue weighted by atomic mass is 16.3. The maximum atomic E-state index is 11.8. The molecule has 0 atom stereocenters. The Morgan fingerprint density at radius 2 is 2.11 bits per heavy atom. The topological polar surface area (TPSA) is 55.1 Å². The van der Waals surface area contributed by atoms with Gasteiger partial charge >= 0.3 is 0 Å². The van der Waals surface area contributed by atoms with Crippen LogP contribution >= 0.6 is 0 Å². The van der Waals surface area contributed by atoms with Crippen molar-refractivity contribution in [3.63, 3.8) is 0 Å². The molecule has 1 N–H and O–H groups in total. The van der Waals surface area contributed by atoms with Gasteiger partial charge in [-0.1, -0.05) is 24.3 Å². The molecule has 0 fully saturated rings. The second-order valence-corrected chi connectivity index (χ2v) is 4.24. The SMILES string of the molecule is Cc1ccccc1CC(=O)NCc1ocnc1C. The quantitative estimate of drug-likeness (QED) is 0.896. The Morgan fingerprint density at radius 3 is 2.78 bits per heavy atom. The number of nitrogens with zero attached hydrogens (tertiary/aromatic N) is 1. The summed E-state index contributed by atoms with van der Waals surface area (Å²) in [5.74, 6) is 0.688. The van der Waals surface area contributed by atoms with Crippen LogP contribution < -0.4 is 5.32 Å². The molecule has 94 valence electrons. The fourth-order valence-corrected chi connectivity index (χ4v) is 1.72. The molecule has 0 bridgehead atoms. The molecule has 0 aliphatic carbocycles. The lowest BCUT2D eigenvalue weighted by atomic mass is 10.1. The summed E-state index contributed by atoms with van der Waals surface area (Å²) in [6.45, 7) is 4.24. The summed E-state index contributed by atoms with van der Waals surface area (Å²) in [4.78, 5) is 15.8. The molecule has 4 nitrogen and oxygen atoms in total. The standard InChI is InChI=1S/C14H16N2O2/c1-10-5-3-4-6-12(10)7-14(17)15-8-13-11(2)16-9-18-13/h3-6,9H,7-8H2,1-2H3,(H,15,17). The van der Waals surface area contributed by atoms with Gasteiger partial charge in [0.25, 0.3) is 0 Å². The molecule has 4 heteroatoms. The van der Waals surface area contributed by atoms with Crippen molar-refractivity contribution in [3.05, 3.63) is 53.2 Å². The molecule has 2 aromatic rings. The van der Waals surface area contributed by atoms with Gasteiger partial charge in [-0.2, -0.15) is 0 Å². The summed E-state index contributed by atoms with van der Waals surface area (Å²) < 4.78 is 5.16. The molecule has 0 spiro atoms. The zero-order valence-electron chi connectivity index (χ0n) is 10.6. The summed E-state index contributed by atoms with van der Waals surface area (Å²) in [6.07, 6.45) is 1.78. The van der Waals surface area contributed by atoms with Gasteiger partial charge in [0.05, 0.1) is 18.7 Å². The molecule has 1 amide bonds. The minimum absolute atomic E-state index is 0.0138. The van der Waals surface area contributed by atoms with Crippen molar-refractivity contribution in [2.75, 3.05) is 0 Å². The van der Waals surface area contributed by atoms with Gasteiger partial charge in [-0.05, 0) is 25.0 Å². The lowest BCUT2D eigenvalue weighted by molar-refractivity contribution is -0.120. The van der Waals surface area contributed by atoms with Gasteiger partial charge in [0.2, 0.25) is 5.91 Å². The fourth-order valence-electron chi connectivity index (χ4n) is 1.72. The van der Waals surface area contributed by atoms with Crippen molar-refractivity contribution < 1.29 is 9.21 Å². The lowest BCUT2D eigenvalue weighted by Gasteiger charge is -2.06. The van der Waals surface area contributed by atoms with Crippen molar-refractivity contribution >= 4 is 5.91 Å². The molecular weight excluding hydrogens is 228 g/mol. The van der Waals surface area contributed by atoms with Crippen LogP contribution in [0.3, 0.4) is 0 Å². The Labute approximate surface area is 106 Å². The van der Waals surface area contributed by atoms with Crippen LogP contribution in [0, 0.1) is 13.8 Å². The number of carbonyl (C=O) groups is 1. The number of hydrogen-bond donors (Lipinski definition) is 1. The van der Waals surface area contributed by atoms with E-state index in [0.717, 1.165) is 16.8 Å². The minimum atomic E-state index is -0.0138. The Kier molecular flexibility index (Phi) is 3.77. The second kappa shape index (κ2) is 5.49. The number of aryl methyl sites for hydroxylation is 2. The number of hydrogen-bond acceptors (Lipinski definition) is 3. The third kappa shape index (κ3) is 2.97. The number of oxazole rings is 1. The van der Waals surface area contributed by atoms with Gasteiger partial charge < -0.3 is 9.73 Å². The van der Waals surface area contributed by atoms with Crippen LogP contribution in [-0.4, -0.2) is 10.9 Å². The highest BCUT2D eigenvalue weighted by Gasteiger charge is 2.08. The highest BCUT2D eigenvalue weighted by molar-refractivity contribution is 5.78. The first-order valence-corrected chi connectivity index (χ1v) is 5.87. The third-order valence-corrected chi connectivity index (χ3v) is 2.90. The number of amides is 1. The molecule has 1 aromatic heterocycles. The molecule has 1 aromatic carbocycles. The Morgan fingerprint density at radius 1 is 1.33 bits per heavy atom. The van der Waals surface area contributed by atoms with E-state index >= 15 is 0 Å². The van der Waals surface area contributed by atoms with Crippen LogP contribution in [0.1, 0.15) is 22.6 Å². The van der Waals surface area contributed by atoms with Crippen molar-refractivity contribution in [1.82, 2.24) is 10.3 Å². The molecule has 0 unspecified atom stereocenters. The number of aromatic nitrogens is 1. The number of benzene rings is 1. The van der Waals surface area contributed by atoms with Crippen molar-refractivity contribution in [2.45, 2.75) is 26.8 Å². The molecule has 0 radical (unpaired) electrons. The highest BCUT2D eigenvalue weighted by Crippen LogP contribution is 2.08. The predicted octanol–water partition coefficient (Wildman–Crippen LogP) is 2.15. The average Bonchev–Trinajstić information content (AvgIpc) is 2.75. The summed E-state index contributed by atoms with van der Waals surface area (Å²) in [5.41, 5.74) is 2.99. The fraction of sp³-hybridized carbons (Fsp3) is 0.286. The maximum Gasteiger partial charge on any atom is 0.224 e. The van der Waals surface area contributed by atoms with Gasteiger partial charge in [0, 0.05) is 0 Å². The number of nitrogens with one attached hydrogen (secondary N) is 1. The van der Waals surface area contributed by atoms with E-state index in [0.29, 0.717) is 18.7 Å².